The number of rotatable bonds is 7. The SMILES string of the molecule is Cc1c(NCc2c(OCc3ccc(F)cc3)ccc3ccccc23)cccc1C(=O)O. The Kier molecular flexibility index (Phi) is 5.85. The fraction of sp³-hybridized carbons (Fsp3) is 0.115. The fourth-order valence-corrected chi connectivity index (χ4v) is 3.62. The molecule has 2 N–H and O–H groups in total. The number of anilines is 1. The molecule has 0 saturated carbocycles. The molecule has 4 aromatic carbocycles. The molecule has 156 valence electrons. The lowest BCUT2D eigenvalue weighted by Crippen LogP contribution is -2.08. The summed E-state index contributed by atoms with van der Waals surface area (Å²) in [7, 11) is 0. The Morgan fingerprint density at radius 3 is 2.52 bits per heavy atom. The van der Waals surface area contributed by atoms with E-state index in [1.807, 2.05) is 42.5 Å². The molecule has 31 heavy (non-hydrogen) atoms. The third-order valence-electron chi connectivity index (χ3n) is 5.33. The molecule has 0 aromatic heterocycles. The lowest BCUT2D eigenvalue weighted by Gasteiger charge is -2.17. The maximum Gasteiger partial charge on any atom is 0.336 e. The third kappa shape index (κ3) is 4.51. The van der Waals surface area contributed by atoms with Gasteiger partial charge in [0.05, 0.1) is 5.56 Å². The lowest BCUT2D eigenvalue weighted by atomic mass is 10.0. The molecule has 4 nitrogen and oxygen atoms in total. The van der Waals surface area contributed by atoms with E-state index < -0.39 is 5.97 Å². The first-order chi connectivity index (χ1) is 15.0. The highest BCUT2D eigenvalue weighted by Crippen LogP contribution is 2.30. The summed E-state index contributed by atoms with van der Waals surface area (Å²) in [5.74, 6) is -0.504. The summed E-state index contributed by atoms with van der Waals surface area (Å²) in [4.78, 5) is 11.4. The van der Waals surface area contributed by atoms with Crippen molar-refractivity contribution in [2.45, 2.75) is 20.1 Å². The molecule has 0 fully saturated rings. The smallest absolute Gasteiger partial charge is 0.336 e. The van der Waals surface area contributed by atoms with Gasteiger partial charge in [-0.3, -0.25) is 0 Å². The second-order valence-electron chi connectivity index (χ2n) is 7.32. The molecule has 5 heteroatoms. The second-order valence-corrected chi connectivity index (χ2v) is 7.32. The molecule has 4 rings (SSSR count). The van der Waals surface area contributed by atoms with Crippen molar-refractivity contribution >= 4 is 22.4 Å². The Morgan fingerprint density at radius 2 is 1.74 bits per heavy atom. The van der Waals surface area contributed by atoms with Crippen molar-refractivity contribution in [2.75, 3.05) is 5.32 Å². The van der Waals surface area contributed by atoms with Crippen LogP contribution in [-0.2, 0) is 13.2 Å². The van der Waals surface area contributed by atoms with Crippen LogP contribution in [0.1, 0.15) is 27.0 Å². The van der Waals surface area contributed by atoms with Crippen LogP contribution in [0.5, 0.6) is 5.75 Å². The predicted molar refractivity (Wildman–Crippen MR) is 120 cm³/mol. The second kappa shape index (κ2) is 8.88. The maximum absolute atomic E-state index is 13.2. The topological polar surface area (TPSA) is 58.6 Å². The standard InChI is InChI=1S/C26H22FNO3/c1-17-21(26(29)30)7-4-8-24(17)28-15-23-22-6-3-2-5-19(22)11-14-25(23)31-16-18-9-12-20(27)13-10-18/h2-14,28H,15-16H2,1H3,(H,29,30). The number of halogens is 1. The Morgan fingerprint density at radius 1 is 0.968 bits per heavy atom. The molecule has 0 heterocycles. The van der Waals surface area contributed by atoms with Gasteiger partial charge in [-0.15, -0.1) is 0 Å². The van der Waals surface area contributed by atoms with E-state index in [2.05, 4.69) is 5.32 Å². The zero-order valence-electron chi connectivity index (χ0n) is 17.1. The van der Waals surface area contributed by atoms with E-state index in [0.29, 0.717) is 18.7 Å². The third-order valence-corrected chi connectivity index (χ3v) is 5.33. The molecule has 0 radical (unpaired) electrons. The minimum absolute atomic E-state index is 0.274. The van der Waals surface area contributed by atoms with E-state index in [1.54, 1.807) is 31.2 Å². The highest BCUT2D eigenvalue weighted by Gasteiger charge is 2.13. The van der Waals surface area contributed by atoms with E-state index in [-0.39, 0.29) is 11.4 Å². The van der Waals surface area contributed by atoms with Crippen molar-refractivity contribution < 1.29 is 19.0 Å². The first-order valence-corrected chi connectivity index (χ1v) is 9.97. The van der Waals surface area contributed by atoms with Crippen LogP contribution in [0.2, 0.25) is 0 Å². The molecule has 0 atom stereocenters. The number of hydrogen-bond donors (Lipinski definition) is 2. The summed E-state index contributed by atoms with van der Waals surface area (Å²) in [6.07, 6.45) is 0. The number of carboxylic acid groups (broad SMARTS) is 1. The summed E-state index contributed by atoms with van der Waals surface area (Å²) in [6.45, 7) is 2.57. The van der Waals surface area contributed by atoms with Gasteiger partial charge in [-0.2, -0.15) is 0 Å². The molecule has 0 bridgehead atoms. The van der Waals surface area contributed by atoms with Crippen molar-refractivity contribution in [3.63, 3.8) is 0 Å². The normalized spacial score (nSPS) is 10.8. The van der Waals surface area contributed by atoms with Gasteiger partial charge in [-0.1, -0.05) is 48.5 Å². The first kappa shape index (κ1) is 20.4. The highest BCUT2D eigenvalue weighted by molar-refractivity contribution is 5.91. The van der Waals surface area contributed by atoms with Gasteiger partial charge in [0.2, 0.25) is 0 Å². The minimum Gasteiger partial charge on any atom is -0.489 e. The summed E-state index contributed by atoms with van der Waals surface area (Å²) < 4.78 is 19.3. The number of aromatic carboxylic acids is 1. The molecular formula is C26H22FNO3. The molecule has 0 saturated heterocycles. The molecule has 0 amide bonds. The van der Waals surface area contributed by atoms with Gasteiger partial charge in [0.15, 0.2) is 0 Å². The zero-order valence-corrected chi connectivity index (χ0v) is 17.1. The maximum atomic E-state index is 13.2. The Labute approximate surface area is 179 Å². The summed E-state index contributed by atoms with van der Waals surface area (Å²) in [5.41, 5.74) is 3.57. The highest BCUT2D eigenvalue weighted by atomic mass is 19.1. The number of carbonyl (C=O) groups is 1. The summed E-state index contributed by atoms with van der Waals surface area (Å²) >= 11 is 0. The van der Waals surface area contributed by atoms with E-state index in [4.69, 9.17) is 4.74 Å². The summed E-state index contributed by atoms with van der Waals surface area (Å²) in [5, 5.41) is 14.9. The van der Waals surface area contributed by atoms with E-state index in [9.17, 15) is 14.3 Å². The van der Waals surface area contributed by atoms with E-state index in [1.165, 1.54) is 12.1 Å². The van der Waals surface area contributed by atoms with Gasteiger partial charge in [0.25, 0.3) is 0 Å². The fourth-order valence-electron chi connectivity index (χ4n) is 3.62. The first-order valence-electron chi connectivity index (χ1n) is 9.97. The Balaban J connectivity index is 1.63. The van der Waals surface area contributed by atoms with Gasteiger partial charge < -0.3 is 15.2 Å². The molecule has 0 spiro atoms. The number of ether oxygens (including phenoxy) is 1. The van der Waals surface area contributed by atoms with Crippen LogP contribution in [0.15, 0.2) is 78.9 Å². The number of carboxylic acids is 1. The quantitative estimate of drug-likeness (QED) is 0.379. The van der Waals surface area contributed by atoms with Crippen LogP contribution in [0, 0.1) is 12.7 Å². The van der Waals surface area contributed by atoms with E-state index in [0.717, 1.165) is 33.3 Å². The van der Waals surface area contributed by atoms with Crippen LogP contribution < -0.4 is 10.1 Å². The van der Waals surface area contributed by atoms with Gasteiger partial charge in [0.1, 0.15) is 18.2 Å². The number of fused-ring (bicyclic) bond motifs is 1. The van der Waals surface area contributed by atoms with Gasteiger partial charge in [-0.25, -0.2) is 9.18 Å². The Hall–Kier alpha value is -3.86. The molecule has 0 aliphatic rings. The van der Waals surface area contributed by atoms with Gasteiger partial charge in [-0.05, 0) is 59.2 Å². The molecular weight excluding hydrogens is 393 g/mol. The molecule has 0 aliphatic heterocycles. The van der Waals surface area contributed by atoms with Gasteiger partial charge >= 0.3 is 5.97 Å². The summed E-state index contributed by atoms with van der Waals surface area (Å²) in [6, 6.07) is 23.4. The van der Waals surface area contributed by atoms with Crippen LogP contribution in [0.4, 0.5) is 10.1 Å². The molecule has 0 aliphatic carbocycles. The van der Waals surface area contributed by atoms with Crippen LogP contribution in [0.3, 0.4) is 0 Å². The number of benzene rings is 4. The lowest BCUT2D eigenvalue weighted by molar-refractivity contribution is 0.0696. The number of hydrogen-bond acceptors (Lipinski definition) is 3. The van der Waals surface area contributed by atoms with Crippen molar-refractivity contribution in [2.24, 2.45) is 0 Å². The molecule has 4 aromatic rings. The average Bonchev–Trinajstić information content (AvgIpc) is 2.78. The van der Waals surface area contributed by atoms with Gasteiger partial charge in [0, 0.05) is 17.8 Å². The van der Waals surface area contributed by atoms with Crippen molar-refractivity contribution in [1.29, 1.82) is 0 Å². The minimum atomic E-state index is -0.949. The van der Waals surface area contributed by atoms with E-state index >= 15 is 0 Å². The number of nitrogens with one attached hydrogen (secondary N) is 1. The van der Waals surface area contributed by atoms with Crippen LogP contribution in [0.25, 0.3) is 10.8 Å². The van der Waals surface area contributed by atoms with Crippen LogP contribution >= 0.6 is 0 Å². The molecule has 0 unspecified atom stereocenters. The largest absolute Gasteiger partial charge is 0.489 e. The Bertz CT molecular complexity index is 1240. The predicted octanol–water partition coefficient (Wildman–Crippen LogP) is 6.18. The van der Waals surface area contributed by atoms with Crippen molar-refractivity contribution in [3.05, 3.63) is 107 Å². The van der Waals surface area contributed by atoms with Crippen molar-refractivity contribution in [1.82, 2.24) is 0 Å². The van der Waals surface area contributed by atoms with Crippen LogP contribution in [-0.4, -0.2) is 11.1 Å². The zero-order chi connectivity index (χ0) is 21.8. The van der Waals surface area contributed by atoms with Crippen molar-refractivity contribution in [3.8, 4) is 5.75 Å². The monoisotopic (exact) mass is 415 g/mol. The average molecular weight is 415 g/mol.